The SMILES string of the molecule is O=C(CC(c1ccccc1Cl)N1C(=O)C2C3C=CC(C3)C2C1=O)Nc1ncccc1O. The predicted molar refractivity (Wildman–Crippen MR) is 113 cm³/mol. The number of hydrogen-bond donors (Lipinski definition) is 2. The zero-order chi connectivity index (χ0) is 21.7. The van der Waals surface area contributed by atoms with Gasteiger partial charge in [0, 0.05) is 11.2 Å². The summed E-state index contributed by atoms with van der Waals surface area (Å²) >= 11 is 6.41. The van der Waals surface area contributed by atoms with Crippen molar-refractivity contribution in [2.45, 2.75) is 18.9 Å². The van der Waals surface area contributed by atoms with Crippen molar-refractivity contribution >= 4 is 35.1 Å². The summed E-state index contributed by atoms with van der Waals surface area (Å²) in [6, 6.07) is 9.01. The fourth-order valence-electron chi connectivity index (χ4n) is 5.17. The quantitative estimate of drug-likeness (QED) is 0.552. The number of halogens is 1. The first-order valence-corrected chi connectivity index (χ1v) is 10.6. The number of fused-ring (bicyclic) bond motifs is 5. The molecular formula is C23H20ClN3O4. The summed E-state index contributed by atoms with van der Waals surface area (Å²) in [6.45, 7) is 0. The minimum absolute atomic E-state index is 0.0172. The Morgan fingerprint density at radius 3 is 2.45 bits per heavy atom. The molecule has 2 fully saturated rings. The largest absolute Gasteiger partial charge is 0.504 e. The first-order chi connectivity index (χ1) is 15.0. The summed E-state index contributed by atoms with van der Waals surface area (Å²) < 4.78 is 0. The molecular weight excluding hydrogens is 418 g/mol. The second kappa shape index (κ2) is 7.50. The molecule has 2 N–H and O–H groups in total. The van der Waals surface area contributed by atoms with Crippen LogP contribution in [0.3, 0.4) is 0 Å². The van der Waals surface area contributed by atoms with Crippen LogP contribution in [0.4, 0.5) is 5.82 Å². The monoisotopic (exact) mass is 437 g/mol. The molecule has 2 bridgehead atoms. The van der Waals surface area contributed by atoms with Crippen LogP contribution in [0.25, 0.3) is 0 Å². The summed E-state index contributed by atoms with van der Waals surface area (Å²) in [7, 11) is 0. The lowest BCUT2D eigenvalue weighted by Gasteiger charge is -2.28. The smallest absolute Gasteiger partial charge is 0.234 e. The van der Waals surface area contributed by atoms with Crippen molar-refractivity contribution in [2.24, 2.45) is 23.7 Å². The maximum Gasteiger partial charge on any atom is 0.234 e. The number of aromatic nitrogens is 1. The highest BCUT2D eigenvalue weighted by Crippen LogP contribution is 2.54. The van der Waals surface area contributed by atoms with Crippen LogP contribution in [0.1, 0.15) is 24.4 Å². The van der Waals surface area contributed by atoms with Gasteiger partial charge in [0.25, 0.3) is 0 Å². The van der Waals surface area contributed by atoms with Gasteiger partial charge >= 0.3 is 0 Å². The number of rotatable bonds is 5. The fourth-order valence-corrected chi connectivity index (χ4v) is 5.43. The van der Waals surface area contributed by atoms with E-state index in [1.165, 1.54) is 17.2 Å². The molecule has 1 aliphatic heterocycles. The van der Waals surface area contributed by atoms with Gasteiger partial charge < -0.3 is 10.4 Å². The summed E-state index contributed by atoms with van der Waals surface area (Å²) in [6.07, 6.45) is 6.14. The first kappa shape index (κ1) is 19.8. The van der Waals surface area contributed by atoms with E-state index in [-0.39, 0.29) is 53.5 Å². The van der Waals surface area contributed by atoms with Crippen LogP contribution in [-0.4, -0.2) is 32.7 Å². The zero-order valence-corrected chi connectivity index (χ0v) is 17.2. The van der Waals surface area contributed by atoms with Crippen LogP contribution in [0.15, 0.2) is 54.7 Å². The van der Waals surface area contributed by atoms with Crippen molar-refractivity contribution in [2.75, 3.05) is 5.32 Å². The van der Waals surface area contributed by atoms with Crippen molar-refractivity contribution in [1.29, 1.82) is 0 Å². The number of aromatic hydroxyl groups is 1. The van der Waals surface area contributed by atoms with Gasteiger partial charge in [-0.15, -0.1) is 0 Å². The second-order valence-electron chi connectivity index (χ2n) is 8.21. The lowest BCUT2D eigenvalue weighted by Crippen LogP contribution is -2.38. The van der Waals surface area contributed by atoms with Crippen LogP contribution < -0.4 is 5.32 Å². The molecule has 8 heteroatoms. The van der Waals surface area contributed by atoms with E-state index in [1.807, 2.05) is 12.2 Å². The molecule has 1 aromatic heterocycles. The van der Waals surface area contributed by atoms with Crippen LogP contribution in [0.2, 0.25) is 5.02 Å². The van der Waals surface area contributed by atoms with Gasteiger partial charge in [-0.1, -0.05) is 42.0 Å². The molecule has 3 amide bonds. The lowest BCUT2D eigenvalue weighted by atomic mass is 9.85. The van der Waals surface area contributed by atoms with E-state index in [0.29, 0.717) is 10.6 Å². The van der Waals surface area contributed by atoms with E-state index in [1.54, 1.807) is 30.3 Å². The van der Waals surface area contributed by atoms with Crippen molar-refractivity contribution in [1.82, 2.24) is 9.88 Å². The molecule has 1 aromatic carbocycles. The third-order valence-electron chi connectivity index (χ3n) is 6.50. The Labute approximate surface area is 183 Å². The molecule has 7 nitrogen and oxygen atoms in total. The maximum atomic E-state index is 13.4. The molecule has 3 aliphatic rings. The van der Waals surface area contributed by atoms with Crippen molar-refractivity contribution in [3.63, 3.8) is 0 Å². The van der Waals surface area contributed by atoms with Gasteiger partial charge in [-0.3, -0.25) is 19.3 Å². The molecule has 2 heterocycles. The number of allylic oxidation sites excluding steroid dienone is 2. The van der Waals surface area contributed by atoms with E-state index < -0.39 is 11.9 Å². The Balaban J connectivity index is 1.47. The molecule has 158 valence electrons. The Morgan fingerprint density at radius 1 is 1.13 bits per heavy atom. The molecule has 1 saturated heterocycles. The highest BCUT2D eigenvalue weighted by atomic mass is 35.5. The highest BCUT2D eigenvalue weighted by molar-refractivity contribution is 6.31. The summed E-state index contributed by atoms with van der Waals surface area (Å²) in [4.78, 5) is 44.7. The predicted octanol–water partition coefficient (Wildman–Crippen LogP) is 3.32. The average molecular weight is 438 g/mol. The Morgan fingerprint density at radius 2 is 1.81 bits per heavy atom. The number of imide groups is 1. The maximum absolute atomic E-state index is 13.4. The number of nitrogens with one attached hydrogen (secondary N) is 1. The van der Waals surface area contributed by atoms with Gasteiger partial charge in [0.2, 0.25) is 17.7 Å². The molecule has 2 aliphatic carbocycles. The number of carbonyl (C=O) groups is 3. The normalized spacial score (nSPS) is 26.9. The molecule has 0 radical (unpaired) electrons. The zero-order valence-electron chi connectivity index (χ0n) is 16.4. The van der Waals surface area contributed by atoms with E-state index >= 15 is 0 Å². The number of benzene rings is 1. The number of amides is 3. The summed E-state index contributed by atoms with van der Waals surface area (Å²) in [5, 5.41) is 12.8. The Hall–Kier alpha value is -3.19. The minimum Gasteiger partial charge on any atom is -0.504 e. The van der Waals surface area contributed by atoms with Crippen molar-refractivity contribution < 1.29 is 19.5 Å². The Kier molecular flexibility index (Phi) is 4.78. The number of hydrogen-bond acceptors (Lipinski definition) is 5. The van der Waals surface area contributed by atoms with Gasteiger partial charge in [0.15, 0.2) is 11.6 Å². The van der Waals surface area contributed by atoms with E-state index in [4.69, 9.17) is 11.6 Å². The molecule has 5 rings (SSSR count). The number of likely N-dealkylation sites (tertiary alicyclic amines) is 1. The van der Waals surface area contributed by atoms with E-state index in [2.05, 4.69) is 10.3 Å². The first-order valence-electron chi connectivity index (χ1n) is 10.2. The third-order valence-corrected chi connectivity index (χ3v) is 6.85. The van der Waals surface area contributed by atoms with Crippen molar-refractivity contribution in [3.05, 3.63) is 65.3 Å². The minimum atomic E-state index is -0.843. The molecule has 31 heavy (non-hydrogen) atoms. The van der Waals surface area contributed by atoms with Gasteiger partial charge in [-0.05, 0) is 42.0 Å². The standard InChI is InChI=1S/C23H20ClN3O4/c24-15-5-2-1-4-14(15)16(11-18(29)26-21-17(28)6-3-9-25-21)27-22(30)19-12-7-8-13(10-12)20(19)23(27)31/h1-9,12-13,16,19-20,28H,10-11H2,(H,25,26,29). The molecule has 5 unspecified atom stereocenters. The van der Waals surface area contributed by atoms with Gasteiger partial charge in [-0.2, -0.15) is 0 Å². The summed E-state index contributed by atoms with van der Waals surface area (Å²) in [5.74, 6) is -1.72. The number of anilines is 1. The second-order valence-corrected chi connectivity index (χ2v) is 8.61. The lowest BCUT2D eigenvalue weighted by molar-refractivity contribution is -0.144. The van der Waals surface area contributed by atoms with Crippen LogP contribution in [0, 0.1) is 23.7 Å². The highest BCUT2D eigenvalue weighted by Gasteiger charge is 2.60. The average Bonchev–Trinajstić information content (AvgIpc) is 3.43. The molecule has 0 spiro atoms. The summed E-state index contributed by atoms with van der Waals surface area (Å²) in [5.41, 5.74) is 0.534. The van der Waals surface area contributed by atoms with Crippen molar-refractivity contribution in [3.8, 4) is 5.75 Å². The van der Waals surface area contributed by atoms with Gasteiger partial charge in [-0.25, -0.2) is 4.98 Å². The van der Waals surface area contributed by atoms with Crippen LogP contribution in [-0.2, 0) is 14.4 Å². The molecule has 1 saturated carbocycles. The van der Waals surface area contributed by atoms with Gasteiger partial charge in [0.05, 0.1) is 24.3 Å². The van der Waals surface area contributed by atoms with E-state index in [9.17, 15) is 19.5 Å². The van der Waals surface area contributed by atoms with Gasteiger partial charge in [0.1, 0.15) is 0 Å². The van der Waals surface area contributed by atoms with Crippen LogP contribution in [0.5, 0.6) is 5.75 Å². The Bertz CT molecular complexity index is 1090. The molecule has 2 aromatic rings. The number of pyridine rings is 1. The third kappa shape index (κ3) is 3.20. The fraction of sp³-hybridized carbons (Fsp3) is 0.304. The topological polar surface area (TPSA) is 99.6 Å². The molecule has 5 atom stereocenters. The number of carbonyl (C=O) groups excluding carboxylic acids is 3. The van der Waals surface area contributed by atoms with Crippen LogP contribution >= 0.6 is 11.6 Å². The number of nitrogens with zero attached hydrogens (tertiary/aromatic N) is 2. The van der Waals surface area contributed by atoms with E-state index in [0.717, 1.165) is 6.42 Å².